The lowest BCUT2D eigenvalue weighted by molar-refractivity contribution is -0.116. The number of halogens is 2. The molecule has 6 heteroatoms. The lowest BCUT2D eigenvalue weighted by atomic mass is 10.1. The number of anilines is 1. The van der Waals surface area contributed by atoms with Gasteiger partial charge in [0.25, 0.3) is 0 Å². The van der Waals surface area contributed by atoms with Gasteiger partial charge in [-0.3, -0.25) is 4.79 Å². The largest absolute Gasteiger partial charge is 0.493 e. The monoisotopic (exact) mass is 503 g/mol. The van der Waals surface area contributed by atoms with Crippen LogP contribution >= 0.6 is 38.5 Å². The van der Waals surface area contributed by atoms with Gasteiger partial charge in [0, 0.05) is 20.2 Å². The Morgan fingerprint density at radius 2 is 1.83 bits per heavy atom. The first-order chi connectivity index (χ1) is 11.4. The van der Waals surface area contributed by atoms with E-state index in [4.69, 9.17) is 9.47 Å². The van der Waals surface area contributed by atoms with E-state index in [1.165, 1.54) is 0 Å². The highest BCUT2D eigenvalue weighted by Crippen LogP contribution is 2.33. The Morgan fingerprint density at radius 3 is 2.46 bits per heavy atom. The van der Waals surface area contributed by atoms with Crippen LogP contribution < -0.4 is 14.8 Å². The number of rotatable bonds is 6. The van der Waals surface area contributed by atoms with Crippen molar-refractivity contribution in [3.05, 3.63) is 49.5 Å². The summed E-state index contributed by atoms with van der Waals surface area (Å²) in [6.07, 6.45) is 0.996. The van der Waals surface area contributed by atoms with Gasteiger partial charge in [0.05, 0.1) is 14.2 Å². The third kappa shape index (κ3) is 4.86. The van der Waals surface area contributed by atoms with Crippen molar-refractivity contribution in [1.82, 2.24) is 0 Å². The number of methoxy groups -OCH3 is 2. The van der Waals surface area contributed by atoms with Crippen molar-refractivity contribution in [2.45, 2.75) is 19.8 Å². The molecule has 0 saturated heterocycles. The number of amides is 1. The summed E-state index contributed by atoms with van der Waals surface area (Å²) in [4.78, 5) is 12.2. The molecule has 0 radical (unpaired) electrons. The summed E-state index contributed by atoms with van der Waals surface area (Å²) in [5, 5.41) is 2.96. The Balaban J connectivity index is 2.03. The second-order valence-electron chi connectivity index (χ2n) is 5.31. The maximum absolute atomic E-state index is 12.2. The van der Waals surface area contributed by atoms with Crippen molar-refractivity contribution in [2.24, 2.45) is 0 Å². The molecular formula is C18H19BrINO3. The fourth-order valence-electron chi connectivity index (χ4n) is 2.32. The van der Waals surface area contributed by atoms with E-state index < -0.39 is 0 Å². The molecule has 2 rings (SSSR count). The Labute approximate surface area is 164 Å². The molecule has 0 saturated carbocycles. The topological polar surface area (TPSA) is 47.6 Å². The van der Waals surface area contributed by atoms with Crippen molar-refractivity contribution in [3.8, 4) is 11.5 Å². The SMILES string of the molecule is COc1cc(Br)c(CCC(=O)Nc2ccc(I)cc2C)cc1OC. The molecule has 1 N–H and O–H groups in total. The molecule has 0 aliphatic rings. The third-order valence-corrected chi connectivity index (χ3v) is 5.05. The van der Waals surface area contributed by atoms with Gasteiger partial charge in [-0.05, 0) is 77.4 Å². The maximum atomic E-state index is 12.2. The predicted octanol–water partition coefficient (Wildman–Crippen LogP) is 4.95. The Bertz CT molecular complexity index is 749. The van der Waals surface area contributed by atoms with Gasteiger partial charge in [0.1, 0.15) is 0 Å². The molecule has 0 fully saturated rings. The lowest BCUT2D eigenvalue weighted by Crippen LogP contribution is -2.13. The number of hydrogen-bond acceptors (Lipinski definition) is 3. The quantitative estimate of drug-likeness (QED) is 0.567. The van der Waals surface area contributed by atoms with Crippen LogP contribution in [-0.2, 0) is 11.2 Å². The van der Waals surface area contributed by atoms with Crippen LogP contribution in [0.4, 0.5) is 5.69 Å². The number of benzene rings is 2. The minimum Gasteiger partial charge on any atom is -0.493 e. The van der Waals surface area contributed by atoms with Gasteiger partial charge in [-0.25, -0.2) is 0 Å². The van der Waals surface area contributed by atoms with Crippen molar-refractivity contribution in [3.63, 3.8) is 0 Å². The van der Waals surface area contributed by atoms with E-state index in [1.807, 2.05) is 37.3 Å². The fourth-order valence-corrected chi connectivity index (χ4v) is 3.48. The standard InChI is InChI=1S/C18H19BrINO3/c1-11-8-13(20)5-6-15(11)21-18(22)7-4-12-9-16(23-2)17(24-3)10-14(12)19/h5-6,8-10H,4,7H2,1-3H3,(H,21,22). The van der Waals surface area contributed by atoms with Crippen molar-refractivity contribution in [1.29, 1.82) is 0 Å². The number of aryl methyl sites for hydroxylation is 2. The van der Waals surface area contributed by atoms with E-state index in [9.17, 15) is 4.79 Å². The third-order valence-electron chi connectivity index (χ3n) is 3.64. The van der Waals surface area contributed by atoms with Crippen LogP contribution in [0.3, 0.4) is 0 Å². The van der Waals surface area contributed by atoms with Crippen LogP contribution in [0.5, 0.6) is 11.5 Å². The van der Waals surface area contributed by atoms with E-state index in [1.54, 1.807) is 14.2 Å². The van der Waals surface area contributed by atoms with Gasteiger partial charge in [-0.1, -0.05) is 15.9 Å². The number of ether oxygens (including phenoxy) is 2. The van der Waals surface area contributed by atoms with E-state index >= 15 is 0 Å². The molecule has 0 atom stereocenters. The molecule has 0 heterocycles. The van der Waals surface area contributed by atoms with Gasteiger partial charge in [0.15, 0.2) is 11.5 Å². The van der Waals surface area contributed by atoms with Gasteiger partial charge < -0.3 is 14.8 Å². The molecule has 0 spiro atoms. The van der Waals surface area contributed by atoms with Crippen molar-refractivity contribution in [2.75, 3.05) is 19.5 Å². The Morgan fingerprint density at radius 1 is 1.17 bits per heavy atom. The first-order valence-corrected chi connectivity index (χ1v) is 9.28. The van der Waals surface area contributed by atoms with E-state index in [-0.39, 0.29) is 5.91 Å². The van der Waals surface area contributed by atoms with Crippen LogP contribution in [0.15, 0.2) is 34.8 Å². The normalized spacial score (nSPS) is 10.4. The van der Waals surface area contributed by atoms with Gasteiger partial charge in [-0.15, -0.1) is 0 Å². The summed E-state index contributed by atoms with van der Waals surface area (Å²) in [6, 6.07) is 9.71. The highest BCUT2D eigenvalue weighted by molar-refractivity contribution is 14.1. The zero-order valence-corrected chi connectivity index (χ0v) is 17.5. The molecule has 0 aliphatic heterocycles. The molecule has 24 heavy (non-hydrogen) atoms. The summed E-state index contributed by atoms with van der Waals surface area (Å²) in [5.74, 6) is 1.30. The smallest absolute Gasteiger partial charge is 0.224 e. The zero-order valence-electron chi connectivity index (χ0n) is 13.8. The van der Waals surface area contributed by atoms with Crippen LogP contribution in [0.2, 0.25) is 0 Å². The van der Waals surface area contributed by atoms with E-state index in [0.717, 1.165) is 24.9 Å². The van der Waals surface area contributed by atoms with Gasteiger partial charge >= 0.3 is 0 Å². The minimum absolute atomic E-state index is 0.0130. The van der Waals surface area contributed by atoms with Crippen LogP contribution in [0.1, 0.15) is 17.5 Å². The Hall–Kier alpha value is -1.28. The number of hydrogen-bond donors (Lipinski definition) is 1. The molecule has 0 unspecified atom stereocenters. The lowest BCUT2D eigenvalue weighted by Gasteiger charge is -2.12. The predicted molar refractivity (Wildman–Crippen MR) is 108 cm³/mol. The van der Waals surface area contributed by atoms with Crippen LogP contribution in [0, 0.1) is 10.5 Å². The molecule has 128 valence electrons. The van der Waals surface area contributed by atoms with E-state index in [2.05, 4.69) is 43.8 Å². The summed E-state index contributed by atoms with van der Waals surface area (Å²) in [6.45, 7) is 1.99. The molecule has 0 aliphatic carbocycles. The maximum Gasteiger partial charge on any atom is 0.224 e. The molecule has 1 amide bonds. The fraction of sp³-hybridized carbons (Fsp3) is 0.278. The molecule has 4 nitrogen and oxygen atoms in total. The van der Waals surface area contributed by atoms with E-state index in [0.29, 0.717) is 24.3 Å². The number of carbonyl (C=O) groups is 1. The molecule has 2 aromatic carbocycles. The molecule has 0 bridgehead atoms. The first-order valence-electron chi connectivity index (χ1n) is 7.41. The zero-order chi connectivity index (χ0) is 17.7. The summed E-state index contributed by atoms with van der Waals surface area (Å²) < 4.78 is 12.6. The highest BCUT2D eigenvalue weighted by atomic mass is 127. The van der Waals surface area contributed by atoms with Crippen LogP contribution in [0.25, 0.3) is 0 Å². The first kappa shape index (κ1) is 19.1. The summed E-state index contributed by atoms with van der Waals surface area (Å²) in [5.41, 5.74) is 2.91. The second-order valence-corrected chi connectivity index (χ2v) is 7.41. The van der Waals surface area contributed by atoms with Gasteiger partial charge in [-0.2, -0.15) is 0 Å². The second kappa shape index (κ2) is 8.71. The average molecular weight is 504 g/mol. The number of carbonyl (C=O) groups excluding carboxylic acids is 1. The molecule has 0 aromatic heterocycles. The highest BCUT2D eigenvalue weighted by Gasteiger charge is 2.12. The number of nitrogens with one attached hydrogen (secondary N) is 1. The van der Waals surface area contributed by atoms with Crippen molar-refractivity contribution < 1.29 is 14.3 Å². The van der Waals surface area contributed by atoms with Gasteiger partial charge in [0.2, 0.25) is 5.91 Å². The average Bonchev–Trinajstić information content (AvgIpc) is 2.56. The Kier molecular flexibility index (Phi) is 6.91. The molecular weight excluding hydrogens is 485 g/mol. The minimum atomic E-state index is -0.0130. The van der Waals surface area contributed by atoms with Crippen molar-refractivity contribution >= 4 is 50.1 Å². The summed E-state index contributed by atoms with van der Waals surface area (Å²) in [7, 11) is 3.20. The van der Waals surface area contributed by atoms with Crippen LogP contribution in [-0.4, -0.2) is 20.1 Å². The molecule has 2 aromatic rings. The summed E-state index contributed by atoms with van der Waals surface area (Å²) >= 11 is 5.78.